The van der Waals surface area contributed by atoms with Crippen molar-refractivity contribution in [1.29, 1.82) is 0 Å². The molecule has 11 heteroatoms. The molecule has 0 spiro atoms. The van der Waals surface area contributed by atoms with E-state index in [9.17, 15) is 23.1 Å². The van der Waals surface area contributed by atoms with Crippen LogP contribution in [0.15, 0.2) is 28.7 Å². The van der Waals surface area contributed by atoms with Crippen LogP contribution in [0.4, 0.5) is 18.3 Å². The Labute approximate surface area is 150 Å². The Morgan fingerprint density at radius 3 is 2.88 bits per heavy atom. The molecule has 0 bridgehead atoms. The summed E-state index contributed by atoms with van der Waals surface area (Å²) in [7, 11) is 0. The summed E-state index contributed by atoms with van der Waals surface area (Å²) in [4.78, 5) is 15.5. The Balaban J connectivity index is 1.94. The summed E-state index contributed by atoms with van der Waals surface area (Å²) in [5.41, 5.74) is 3.29. The molecule has 1 aromatic heterocycles. The highest BCUT2D eigenvalue weighted by Gasteiger charge is 2.31. The number of carbonyl (C=O) groups excluding carboxylic acids is 1. The summed E-state index contributed by atoms with van der Waals surface area (Å²) >= 11 is 1.21. The minimum absolute atomic E-state index is 0.0389. The van der Waals surface area contributed by atoms with Crippen LogP contribution in [0, 0.1) is 0 Å². The summed E-state index contributed by atoms with van der Waals surface area (Å²) in [5, 5.41) is 15.6. The maximum atomic E-state index is 12.1. The van der Waals surface area contributed by atoms with E-state index in [0.717, 1.165) is 12.1 Å². The second-order valence-corrected chi connectivity index (χ2v) is 5.62. The standard InChI is InChI=1S/C15H14F3N3O4S/c1-2-24-13(23)5-10-8-26-14(20-10)21-19-7-9-3-4-11(6-12(9)22)25-15(16,17)18/h3-4,6-8,22H,2,5H2,1H3,(H,20,21). The van der Waals surface area contributed by atoms with Crippen molar-refractivity contribution < 1.29 is 32.5 Å². The van der Waals surface area contributed by atoms with Crippen molar-refractivity contribution in [3.63, 3.8) is 0 Å². The zero-order valence-corrected chi connectivity index (χ0v) is 14.2. The van der Waals surface area contributed by atoms with Gasteiger partial charge in [0.25, 0.3) is 0 Å². The van der Waals surface area contributed by atoms with Gasteiger partial charge in [-0.25, -0.2) is 4.98 Å². The minimum atomic E-state index is -4.84. The van der Waals surface area contributed by atoms with E-state index in [0.29, 0.717) is 10.8 Å². The first-order valence-corrected chi connectivity index (χ1v) is 8.12. The molecule has 2 rings (SSSR count). The summed E-state index contributed by atoms with van der Waals surface area (Å²) in [5.74, 6) is -1.36. The smallest absolute Gasteiger partial charge is 0.507 e. The fourth-order valence-corrected chi connectivity index (χ4v) is 2.45. The molecular formula is C15H14F3N3O4S. The van der Waals surface area contributed by atoms with Crippen LogP contribution in [0.3, 0.4) is 0 Å². The monoisotopic (exact) mass is 389 g/mol. The number of halogens is 3. The summed E-state index contributed by atoms with van der Waals surface area (Å²) in [6.07, 6.45) is -3.59. The highest BCUT2D eigenvalue weighted by molar-refractivity contribution is 7.13. The predicted molar refractivity (Wildman–Crippen MR) is 88.5 cm³/mol. The molecule has 2 N–H and O–H groups in total. The zero-order valence-electron chi connectivity index (χ0n) is 13.4. The van der Waals surface area contributed by atoms with E-state index >= 15 is 0 Å². The number of hydrogen-bond donors (Lipinski definition) is 2. The van der Waals surface area contributed by atoms with Gasteiger partial charge in [-0.15, -0.1) is 24.5 Å². The highest BCUT2D eigenvalue weighted by Crippen LogP contribution is 2.27. The summed E-state index contributed by atoms with van der Waals surface area (Å²) < 4.78 is 44.9. The van der Waals surface area contributed by atoms with Gasteiger partial charge in [0.1, 0.15) is 11.5 Å². The Morgan fingerprint density at radius 1 is 1.46 bits per heavy atom. The van der Waals surface area contributed by atoms with Crippen molar-refractivity contribution in [3.05, 3.63) is 34.8 Å². The van der Waals surface area contributed by atoms with E-state index in [1.54, 1.807) is 12.3 Å². The fourth-order valence-electron chi connectivity index (χ4n) is 1.79. The normalized spacial score (nSPS) is 11.5. The number of benzene rings is 1. The van der Waals surface area contributed by atoms with Crippen molar-refractivity contribution in [3.8, 4) is 11.5 Å². The predicted octanol–water partition coefficient (Wildman–Crippen LogP) is 3.30. The fraction of sp³-hybridized carbons (Fsp3) is 0.267. The van der Waals surface area contributed by atoms with Crippen LogP contribution in [0.2, 0.25) is 0 Å². The average molecular weight is 389 g/mol. The number of thiazole rings is 1. The lowest BCUT2D eigenvalue weighted by molar-refractivity contribution is -0.274. The number of aromatic nitrogens is 1. The second-order valence-electron chi connectivity index (χ2n) is 4.76. The van der Waals surface area contributed by atoms with Crippen molar-refractivity contribution in [2.75, 3.05) is 12.0 Å². The van der Waals surface area contributed by atoms with Gasteiger partial charge in [0.05, 0.1) is 24.9 Å². The molecule has 1 heterocycles. The molecule has 140 valence electrons. The van der Waals surface area contributed by atoms with Crippen LogP contribution in [-0.4, -0.2) is 35.2 Å². The van der Waals surface area contributed by atoms with Gasteiger partial charge in [-0.3, -0.25) is 10.2 Å². The van der Waals surface area contributed by atoms with Crippen LogP contribution < -0.4 is 10.2 Å². The molecule has 26 heavy (non-hydrogen) atoms. The third-order valence-electron chi connectivity index (χ3n) is 2.78. The number of nitrogens with zero attached hydrogens (tertiary/aromatic N) is 2. The molecule has 0 fully saturated rings. The van der Waals surface area contributed by atoms with Gasteiger partial charge >= 0.3 is 12.3 Å². The number of carbonyl (C=O) groups is 1. The third kappa shape index (κ3) is 6.24. The number of alkyl halides is 3. The molecule has 0 aliphatic carbocycles. The number of ether oxygens (including phenoxy) is 2. The van der Waals surface area contributed by atoms with Crippen molar-refractivity contribution >= 4 is 28.7 Å². The molecule has 0 saturated carbocycles. The van der Waals surface area contributed by atoms with E-state index < -0.39 is 17.9 Å². The molecule has 0 saturated heterocycles. The van der Waals surface area contributed by atoms with Gasteiger partial charge in [0, 0.05) is 17.0 Å². The van der Waals surface area contributed by atoms with Crippen LogP contribution >= 0.6 is 11.3 Å². The Kier molecular flexibility index (Phi) is 6.39. The number of aromatic hydroxyl groups is 1. The van der Waals surface area contributed by atoms with Crippen molar-refractivity contribution in [2.24, 2.45) is 5.10 Å². The van der Waals surface area contributed by atoms with E-state index in [-0.39, 0.29) is 24.6 Å². The molecule has 0 aliphatic heterocycles. The van der Waals surface area contributed by atoms with Gasteiger partial charge in [0.2, 0.25) is 5.13 Å². The molecule has 2 aromatic rings. The van der Waals surface area contributed by atoms with E-state index in [1.165, 1.54) is 23.6 Å². The Bertz CT molecular complexity index is 793. The summed E-state index contributed by atoms with van der Waals surface area (Å²) in [6.45, 7) is 1.99. The first kappa shape index (κ1) is 19.5. The van der Waals surface area contributed by atoms with Crippen LogP contribution in [0.1, 0.15) is 18.2 Å². The first-order valence-electron chi connectivity index (χ1n) is 7.24. The number of phenols is 1. The number of hydrazone groups is 1. The van der Waals surface area contributed by atoms with Gasteiger partial charge in [-0.2, -0.15) is 5.10 Å². The molecule has 0 radical (unpaired) electrons. The van der Waals surface area contributed by atoms with Crippen LogP contribution in [0.25, 0.3) is 0 Å². The molecule has 7 nitrogen and oxygen atoms in total. The maximum Gasteiger partial charge on any atom is 0.573 e. The molecular weight excluding hydrogens is 375 g/mol. The van der Waals surface area contributed by atoms with Gasteiger partial charge in [-0.05, 0) is 19.1 Å². The molecule has 1 aromatic carbocycles. The highest BCUT2D eigenvalue weighted by atomic mass is 32.1. The largest absolute Gasteiger partial charge is 0.573 e. The van der Waals surface area contributed by atoms with E-state index in [1.807, 2.05) is 0 Å². The molecule has 0 atom stereocenters. The van der Waals surface area contributed by atoms with Crippen molar-refractivity contribution in [2.45, 2.75) is 19.7 Å². The van der Waals surface area contributed by atoms with Gasteiger partial charge in [0.15, 0.2) is 0 Å². The minimum Gasteiger partial charge on any atom is -0.507 e. The van der Waals surface area contributed by atoms with Crippen LogP contribution in [0.5, 0.6) is 11.5 Å². The van der Waals surface area contributed by atoms with Crippen LogP contribution in [-0.2, 0) is 16.0 Å². The average Bonchev–Trinajstić information content (AvgIpc) is 2.95. The third-order valence-corrected chi connectivity index (χ3v) is 3.58. The maximum absolute atomic E-state index is 12.1. The topological polar surface area (TPSA) is 93.0 Å². The number of phenolic OH excluding ortho intramolecular Hbond substituents is 1. The van der Waals surface area contributed by atoms with E-state index in [4.69, 9.17) is 4.74 Å². The molecule has 0 aliphatic rings. The first-order chi connectivity index (χ1) is 12.3. The number of anilines is 1. The molecule has 0 unspecified atom stereocenters. The second kappa shape index (κ2) is 8.52. The molecule has 0 amide bonds. The van der Waals surface area contributed by atoms with E-state index in [2.05, 4.69) is 20.2 Å². The Morgan fingerprint density at radius 2 is 2.23 bits per heavy atom. The summed E-state index contributed by atoms with van der Waals surface area (Å²) in [6, 6.07) is 3.10. The lowest BCUT2D eigenvalue weighted by Crippen LogP contribution is -2.17. The SMILES string of the molecule is CCOC(=O)Cc1csc(NN=Cc2ccc(OC(F)(F)F)cc2O)n1. The van der Waals surface area contributed by atoms with Gasteiger partial charge < -0.3 is 14.6 Å². The number of esters is 1. The number of nitrogens with one attached hydrogen (secondary N) is 1. The lowest BCUT2D eigenvalue weighted by Gasteiger charge is -2.09. The van der Waals surface area contributed by atoms with Crippen molar-refractivity contribution in [1.82, 2.24) is 4.98 Å². The lowest BCUT2D eigenvalue weighted by atomic mass is 10.2. The van der Waals surface area contributed by atoms with Gasteiger partial charge in [-0.1, -0.05) is 0 Å². The zero-order chi connectivity index (χ0) is 19.2. The number of hydrogen-bond acceptors (Lipinski definition) is 8. The number of rotatable bonds is 7. The quantitative estimate of drug-likeness (QED) is 0.429. The Hall–Kier alpha value is -2.82.